The third kappa shape index (κ3) is 8.96. The highest BCUT2D eigenvalue weighted by atomic mass is 28.4. The van der Waals surface area contributed by atoms with Gasteiger partial charge in [0.25, 0.3) is 16.6 Å². The lowest BCUT2D eigenvalue weighted by molar-refractivity contribution is -0.141. The van der Waals surface area contributed by atoms with Crippen LogP contribution in [0.3, 0.4) is 0 Å². The largest absolute Gasteiger partial charge is 0.541 e. The molecule has 0 fully saturated rings. The molecule has 0 saturated heterocycles. The van der Waals surface area contributed by atoms with Gasteiger partial charge in [-0.3, -0.25) is 4.79 Å². The van der Waals surface area contributed by atoms with Crippen molar-refractivity contribution < 1.29 is 32.7 Å². The Morgan fingerprint density at radius 3 is 1.29 bits per heavy atom. The van der Waals surface area contributed by atoms with Crippen LogP contribution in [-0.4, -0.2) is 50.2 Å². The second-order valence-corrected chi connectivity index (χ2v) is 30.9. The fraction of sp³-hybridized carbons (Fsp3) is 0.629. The Kier molecular flexibility index (Phi) is 11.6. The topological polar surface area (TPSA) is 83.5 Å². The molecular formula is C35H60O7Si3. The number of carbonyl (C=O) groups is 1. The zero-order chi connectivity index (χ0) is 35.0. The maximum absolute atomic E-state index is 13.2. The van der Waals surface area contributed by atoms with Crippen LogP contribution in [0.15, 0.2) is 36.4 Å². The van der Waals surface area contributed by atoms with E-state index in [1.54, 1.807) is 20.3 Å². The molecule has 254 valence electrons. The van der Waals surface area contributed by atoms with Gasteiger partial charge in [-0.1, -0.05) is 74.4 Å². The number of aliphatic carboxylic acids is 1. The van der Waals surface area contributed by atoms with E-state index in [4.69, 9.17) is 22.8 Å². The highest BCUT2D eigenvalue weighted by molar-refractivity contribution is 6.75. The van der Waals surface area contributed by atoms with E-state index < -0.39 is 42.9 Å². The average Bonchev–Trinajstić information content (AvgIpc) is 2.86. The molecule has 10 heteroatoms. The predicted octanol–water partition coefficient (Wildman–Crippen LogP) is 10.4. The minimum absolute atomic E-state index is 0.00141. The van der Waals surface area contributed by atoms with E-state index in [0.717, 1.165) is 0 Å². The number of benzene rings is 2. The number of carboxylic acid groups (broad SMARTS) is 1. The van der Waals surface area contributed by atoms with E-state index >= 15 is 0 Å². The summed E-state index contributed by atoms with van der Waals surface area (Å²) in [6, 6.07) is 11.2. The number of ether oxygens (including phenoxy) is 2. The molecule has 7 nitrogen and oxygen atoms in total. The second-order valence-electron chi connectivity index (χ2n) is 16.7. The van der Waals surface area contributed by atoms with Crippen molar-refractivity contribution in [2.24, 2.45) is 0 Å². The Morgan fingerprint density at radius 1 is 0.600 bits per heavy atom. The van der Waals surface area contributed by atoms with Gasteiger partial charge in [0.1, 0.15) is 17.4 Å². The summed E-state index contributed by atoms with van der Waals surface area (Å²) in [4.78, 5) is 13.2. The van der Waals surface area contributed by atoms with E-state index in [1.165, 1.54) is 0 Å². The molecular weight excluding hydrogens is 617 g/mol. The number of carboxylic acids is 1. The zero-order valence-electron chi connectivity index (χ0n) is 31.0. The molecule has 0 aliphatic carbocycles. The third-order valence-corrected chi connectivity index (χ3v) is 23.3. The van der Waals surface area contributed by atoms with E-state index in [9.17, 15) is 9.90 Å². The number of hydrogen-bond donors (Lipinski definition) is 1. The Bertz CT molecular complexity index is 1330. The normalized spacial score (nSPS) is 14.9. The van der Waals surface area contributed by atoms with Crippen LogP contribution in [0.5, 0.6) is 23.0 Å². The van der Waals surface area contributed by atoms with Crippen LogP contribution in [0.2, 0.25) is 54.4 Å². The standard InChI is InChI=1S/C35H60O7Si3/c1-33(2,3)43(12,13)40-26-20-18-24(22-28(26)38-10)30(32(36)37)31(42-45(16,17)35(7,8)9)25-19-21-27(29(23-25)39-11)41-44(14,15)34(4,5)6/h18-23,30-31H,1-17H3,(H,36,37)/t30-,31+/m0/s1. The Hall–Kier alpha value is -2.28. The van der Waals surface area contributed by atoms with Crippen LogP contribution < -0.4 is 18.3 Å². The smallest absolute Gasteiger partial charge is 0.313 e. The van der Waals surface area contributed by atoms with Crippen LogP contribution in [0.4, 0.5) is 0 Å². The van der Waals surface area contributed by atoms with Crippen molar-refractivity contribution in [2.45, 2.75) is 129 Å². The molecule has 2 aromatic carbocycles. The first-order valence-electron chi connectivity index (χ1n) is 15.8. The molecule has 0 aliphatic rings. The van der Waals surface area contributed by atoms with Gasteiger partial charge < -0.3 is 27.9 Å². The minimum Gasteiger partial charge on any atom is -0.541 e. The van der Waals surface area contributed by atoms with Crippen LogP contribution in [0, 0.1) is 0 Å². The maximum atomic E-state index is 13.2. The Balaban J connectivity index is 2.76. The van der Waals surface area contributed by atoms with Gasteiger partial charge in [0.05, 0.1) is 20.3 Å². The monoisotopic (exact) mass is 676 g/mol. The van der Waals surface area contributed by atoms with Crippen molar-refractivity contribution in [3.05, 3.63) is 47.5 Å². The molecule has 0 unspecified atom stereocenters. The second kappa shape index (κ2) is 13.4. The van der Waals surface area contributed by atoms with E-state index in [2.05, 4.69) is 102 Å². The summed E-state index contributed by atoms with van der Waals surface area (Å²) in [7, 11) is -3.59. The summed E-state index contributed by atoms with van der Waals surface area (Å²) in [6.07, 6.45) is -0.795. The highest BCUT2D eigenvalue weighted by Crippen LogP contribution is 2.48. The van der Waals surface area contributed by atoms with Gasteiger partial charge in [0.2, 0.25) is 0 Å². The lowest BCUT2D eigenvalue weighted by Crippen LogP contribution is -2.44. The molecule has 0 saturated carbocycles. The molecule has 45 heavy (non-hydrogen) atoms. The van der Waals surface area contributed by atoms with Crippen molar-refractivity contribution in [3.8, 4) is 23.0 Å². The van der Waals surface area contributed by atoms with Gasteiger partial charge in [0.15, 0.2) is 19.8 Å². The number of hydrogen-bond acceptors (Lipinski definition) is 6. The van der Waals surface area contributed by atoms with Gasteiger partial charge in [-0.05, 0) is 89.8 Å². The Labute approximate surface area is 276 Å². The third-order valence-electron chi connectivity index (χ3n) is 10.2. The molecule has 1 N–H and O–H groups in total. The average molecular weight is 677 g/mol. The first kappa shape index (κ1) is 38.9. The molecule has 0 radical (unpaired) electrons. The van der Waals surface area contributed by atoms with Crippen molar-refractivity contribution in [2.75, 3.05) is 14.2 Å². The molecule has 0 heterocycles. The number of methoxy groups -OCH3 is 2. The van der Waals surface area contributed by atoms with Gasteiger partial charge in [-0.15, -0.1) is 0 Å². The Morgan fingerprint density at radius 2 is 0.956 bits per heavy atom. The lowest BCUT2D eigenvalue weighted by atomic mass is 9.89. The van der Waals surface area contributed by atoms with Gasteiger partial charge in [-0.2, -0.15) is 0 Å². The van der Waals surface area contributed by atoms with Gasteiger partial charge >= 0.3 is 5.97 Å². The molecule has 2 rings (SSSR count). The molecule has 2 atom stereocenters. The summed E-state index contributed by atoms with van der Waals surface area (Å²) < 4.78 is 31.8. The maximum Gasteiger partial charge on any atom is 0.313 e. The summed E-state index contributed by atoms with van der Waals surface area (Å²) >= 11 is 0. The van der Waals surface area contributed by atoms with Crippen molar-refractivity contribution in [1.82, 2.24) is 0 Å². The van der Waals surface area contributed by atoms with Crippen LogP contribution >= 0.6 is 0 Å². The minimum atomic E-state index is -2.46. The fourth-order valence-corrected chi connectivity index (χ4v) is 7.34. The number of rotatable bonds is 12. The van der Waals surface area contributed by atoms with Gasteiger partial charge in [0, 0.05) is 0 Å². The molecule has 2 aromatic rings. The summed E-state index contributed by atoms with van der Waals surface area (Å²) in [5.41, 5.74) is 1.29. The molecule has 0 aliphatic heterocycles. The summed E-state index contributed by atoms with van der Waals surface area (Å²) in [6.45, 7) is 32.6. The molecule has 0 amide bonds. The first-order valence-corrected chi connectivity index (χ1v) is 24.6. The van der Waals surface area contributed by atoms with Crippen LogP contribution in [0.1, 0.15) is 85.5 Å². The fourth-order valence-electron chi connectivity index (χ4n) is 4.03. The van der Waals surface area contributed by atoms with Crippen LogP contribution in [0.25, 0.3) is 0 Å². The quantitative estimate of drug-likeness (QED) is 0.224. The van der Waals surface area contributed by atoms with Crippen molar-refractivity contribution in [1.29, 1.82) is 0 Å². The highest BCUT2D eigenvalue weighted by Gasteiger charge is 2.45. The van der Waals surface area contributed by atoms with E-state index in [1.807, 2.05) is 30.3 Å². The van der Waals surface area contributed by atoms with E-state index in [0.29, 0.717) is 34.1 Å². The first-order chi connectivity index (χ1) is 20.2. The summed E-state index contributed by atoms with van der Waals surface area (Å²) in [5, 5.41) is 10.7. The lowest BCUT2D eigenvalue weighted by Gasteiger charge is -2.41. The van der Waals surface area contributed by atoms with E-state index in [-0.39, 0.29) is 15.1 Å². The molecule has 0 spiro atoms. The molecule has 0 aromatic heterocycles. The summed E-state index contributed by atoms with van der Waals surface area (Å²) in [5.74, 6) is 0.324. The van der Waals surface area contributed by atoms with Crippen molar-refractivity contribution >= 4 is 30.9 Å². The van der Waals surface area contributed by atoms with Crippen LogP contribution in [-0.2, 0) is 9.22 Å². The zero-order valence-corrected chi connectivity index (χ0v) is 34.0. The SMILES string of the molecule is COc1cc([C@@H](O[Si](C)(C)C(C)(C)C)[C@@H](C(=O)O)c2ccc(O[Si](C)(C)C(C)(C)C)c(OC)c2)ccc1O[Si](C)(C)C(C)(C)C. The molecule has 0 bridgehead atoms. The van der Waals surface area contributed by atoms with Crippen molar-refractivity contribution in [3.63, 3.8) is 0 Å². The van der Waals surface area contributed by atoms with Gasteiger partial charge in [-0.25, -0.2) is 0 Å². The predicted molar refractivity (Wildman–Crippen MR) is 193 cm³/mol.